The molecule has 4 N–H and O–H groups in total. The Morgan fingerprint density at radius 1 is 1.07 bits per heavy atom. The minimum absolute atomic E-state index is 0.155. The number of hydrogen-bond donors (Lipinski definition) is 4. The molecule has 2 aromatic rings. The summed E-state index contributed by atoms with van der Waals surface area (Å²) >= 11 is 0. The van der Waals surface area contributed by atoms with E-state index in [1.54, 1.807) is 19.2 Å². The number of nitrogens with one attached hydrogen (secondary N) is 3. The van der Waals surface area contributed by atoms with Crippen molar-refractivity contribution in [1.82, 2.24) is 5.32 Å². The van der Waals surface area contributed by atoms with Gasteiger partial charge in [0.25, 0.3) is 0 Å². The van der Waals surface area contributed by atoms with E-state index in [-0.39, 0.29) is 12.3 Å². The van der Waals surface area contributed by atoms with Gasteiger partial charge in [-0.15, -0.1) is 0 Å². The smallest absolute Gasteiger partial charge is 0.321 e. The number of ether oxygens (including phenoxy) is 1. The second-order valence-corrected chi connectivity index (χ2v) is 6.09. The van der Waals surface area contributed by atoms with Gasteiger partial charge in [-0.05, 0) is 31.2 Å². The van der Waals surface area contributed by atoms with E-state index >= 15 is 0 Å². The standard InChI is InChI=1S/C20H25N3O4/c1-14-7-9-15(10-8-14)23-19(24)13-17(20(25)26)22-12-11-21-16-5-3-4-6-18(16)27-2/h3-10,17,21-22H,11-13H2,1-2H3,(H,23,24)(H,25,26). The van der Waals surface area contributed by atoms with Crippen LogP contribution in [0.15, 0.2) is 48.5 Å². The van der Waals surface area contributed by atoms with Crippen LogP contribution in [0.2, 0.25) is 0 Å². The zero-order valence-electron chi connectivity index (χ0n) is 15.5. The van der Waals surface area contributed by atoms with Gasteiger partial charge >= 0.3 is 5.97 Å². The van der Waals surface area contributed by atoms with Gasteiger partial charge in [0.05, 0.1) is 19.2 Å². The molecule has 144 valence electrons. The van der Waals surface area contributed by atoms with Crippen molar-refractivity contribution in [3.05, 3.63) is 54.1 Å². The van der Waals surface area contributed by atoms with Gasteiger partial charge in [-0.1, -0.05) is 29.8 Å². The molecule has 2 rings (SSSR count). The predicted molar refractivity (Wildman–Crippen MR) is 105 cm³/mol. The molecule has 27 heavy (non-hydrogen) atoms. The van der Waals surface area contributed by atoms with E-state index in [1.165, 1.54) is 0 Å². The number of aryl methyl sites for hydroxylation is 1. The Bertz CT molecular complexity index is 762. The minimum atomic E-state index is -1.06. The Balaban J connectivity index is 1.80. The zero-order valence-corrected chi connectivity index (χ0v) is 15.5. The number of carbonyl (C=O) groups is 2. The number of hydrogen-bond acceptors (Lipinski definition) is 5. The van der Waals surface area contributed by atoms with Gasteiger partial charge < -0.3 is 25.8 Å². The van der Waals surface area contributed by atoms with Gasteiger partial charge in [0, 0.05) is 18.8 Å². The van der Waals surface area contributed by atoms with E-state index in [4.69, 9.17) is 4.74 Å². The quantitative estimate of drug-likeness (QED) is 0.479. The highest BCUT2D eigenvalue weighted by molar-refractivity contribution is 5.94. The number of carboxylic acid groups (broad SMARTS) is 1. The maximum Gasteiger partial charge on any atom is 0.321 e. The predicted octanol–water partition coefficient (Wildman–Crippen LogP) is 2.49. The second-order valence-electron chi connectivity index (χ2n) is 6.09. The molecule has 0 fully saturated rings. The van der Waals surface area contributed by atoms with Crippen molar-refractivity contribution in [2.75, 3.05) is 30.8 Å². The van der Waals surface area contributed by atoms with E-state index in [1.807, 2.05) is 43.3 Å². The fourth-order valence-corrected chi connectivity index (χ4v) is 2.52. The van der Waals surface area contributed by atoms with Crippen LogP contribution in [0.5, 0.6) is 5.75 Å². The van der Waals surface area contributed by atoms with E-state index in [2.05, 4.69) is 16.0 Å². The first kappa shape index (κ1) is 20.3. The SMILES string of the molecule is COc1ccccc1NCCNC(CC(=O)Nc1ccc(C)cc1)C(=O)O. The monoisotopic (exact) mass is 371 g/mol. The van der Waals surface area contributed by atoms with Crippen molar-refractivity contribution < 1.29 is 19.4 Å². The number of benzene rings is 2. The van der Waals surface area contributed by atoms with Gasteiger partial charge in [0.15, 0.2) is 0 Å². The van der Waals surface area contributed by atoms with Crippen molar-refractivity contribution in [1.29, 1.82) is 0 Å². The molecule has 2 aromatic carbocycles. The minimum Gasteiger partial charge on any atom is -0.495 e. The van der Waals surface area contributed by atoms with Crippen LogP contribution >= 0.6 is 0 Å². The molecule has 0 saturated heterocycles. The number of rotatable bonds is 10. The number of methoxy groups -OCH3 is 1. The molecule has 0 aliphatic heterocycles. The number of amides is 1. The topological polar surface area (TPSA) is 99.7 Å². The molecule has 0 spiro atoms. The third-order valence-corrected chi connectivity index (χ3v) is 3.96. The lowest BCUT2D eigenvalue weighted by molar-refractivity contribution is -0.141. The third-order valence-electron chi connectivity index (χ3n) is 3.96. The maximum atomic E-state index is 12.1. The lowest BCUT2D eigenvalue weighted by Gasteiger charge is -2.16. The molecule has 0 aromatic heterocycles. The van der Waals surface area contributed by atoms with Crippen LogP contribution in [-0.4, -0.2) is 43.2 Å². The highest BCUT2D eigenvalue weighted by Crippen LogP contribution is 2.22. The normalized spacial score (nSPS) is 11.5. The Labute approximate surface area is 158 Å². The number of para-hydroxylation sites is 2. The summed E-state index contributed by atoms with van der Waals surface area (Å²) in [6.45, 7) is 2.83. The number of carboxylic acids is 1. The molecule has 0 heterocycles. The molecular weight excluding hydrogens is 346 g/mol. The van der Waals surface area contributed by atoms with Crippen molar-refractivity contribution in [3.63, 3.8) is 0 Å². The van der Waals surface area contributed by atoms with Crippen LogP contribution in [0, 0.1) is 6.92 Å². The molecule has 0 bridgehead atoms. The molecule has 1 atom stereocenters. The highest BCUT2D eigenvalue weighted by atomic mass is 16.5. The van der Waals surface area contributed by atoms with Crippen LogP contribution in [-0.2, 0) is 9.59 Å². The first-order valence-corrected chi connectivity index (χ1v) is 8.69. The molecule has 0 aliphatic rings. The lowest BCUT2D eigenvalue weighted by atomic mass is 10.2. The summed E-state index contributed by atoms with van der Waals surface area (Å²) in [5.74, 6) is -0.701. The lowest BCUT2D eigenvalue weighted by Crippen LogP contribution is -2.41. The molecule has 1 amide bonds. The molecule has 7 nitrogen and oxygen atoms in total. The van der Waals surface area contributed by atoms with Crippen molar-refractivity contribution in [3.8, 4) is 5.75 Å². The molecule has 0 saturated carbocycles. The maximum absolute atomic E-state index is 12.1. The molecule has 7 heteroatoms. The van der Waals surface area contributed by atoms with Crippen LogP contribution in [0.3, 0.4) is 0 Å². The summed E-state index contributed by atoms with van der Waals surface area (Å²) in [6.07, 6.45) is -0.155. The van der Waals surface area contributed by atoms with E-state index in [9.17, 15) is 14.7 Å². The van der Waals surface area contributed by atoms with Crippen LogP contribution in [0.1, 0.15) is 12.0 Å². The Morgan fingerprint density at radius 2 is 1.78 bits per heavy atom. The first-order valence-electron chi connectivity index (χ1n) is 8.69. The Morgan fingerprint density at radius 3 is 2.44 bits per heavy atom. The summed E-state index contributed by atoms with van der Waals surface area (Å²) in [6, 6.07) is 13.8. The summed E-state index contributed by atoms with van der Waals surface area (Å²) < 4.78 is 5.25. The van der Waals surface area contributed by atoms with E-state index < -0.39 is 12.0 Å². The van der Waals surface area contributed by atoms with E-state index in [0.29, 0.717) is 24.5 Å². The molecule has 1 unspecified atom stereocenters. The fourth-order valence-electron chi connectivity index (χ4n) is 2.52. The molecular formula is C20H25N3O4. The second kappa shape index (κ2) is 10.2. The summed E-state index contributed by atoms with van der Waals surface area (Å²) in [7, 11) is 1.59. The summed E-state index contributed by atoms with van der Waals surface area (Å²) in [4.78, 5) is 23.5. The van der Waals surface area contributed by atoms with Crippen molar-refractivity contribution in [2.24, 2.45) is 0 Å². The number of carbonyl (C=O) groups excluding carboxylic acids is 1. The van der Waals surface area contributed by atoms with Crippen LogP contribution in [0.25, 0.3) is 0 Å². The van der Waals surface area contributed by atoms with Crippen molar-refractivity contribution >= 4 is 23.3 Å². The Hall–Kier alpha value is -3.06. The van der Waals surface area contributed by atoms with Crippen LogP contribution < -0.4 is 20.7 Å². The van der Waals surface area contributed by atoms with Crippen molar-refractivity contribution in [2.45, 2.75) is 19.4 Å². The van der Waals surface area contributed by atoms with Gasteiger partial charge in [0.1, 0.15) is 11.8 Å². The zero-order chi connectivity index (χ0) is 19.6. The fraction of sp³-hybridized carbons (Fsp3) is 0.300. The van der Waals surface area contributed by atoms with E-state index in [0.717, 1.165) is 11.3 Å². The largest absolute Gasteiger partial charge is 0.495 e. The summed E-state index contributed by atoms with van der Waals surface area (Å²) in [5, 5.41) is 18.1. The number of aliphatic carboxylic acids is 1. The summed E-state index contributed by atoms with van der Waals surface area (Å²) in [5.41, 5.74) is 2.55. The highest BCUT2D eigenvalue weighted by Gasteiger charge is 2.20. The Kier molecular flexibility index (Phi) is 7.63. The van der Waals surface area contributed by atoms with Gasteiger partial charge in [-0.3, -0.25) is 9.59 Å². The number of anilines is 2. The molecule has 0 aliphatic carbocycles. The van der Waals surface area contributed by atoms with Gasteiger partial charge in [-0.2, -0.15) is 0 Å². The van der Waals surface area contributed by atoms with Gasteiger partial charge in [0.2, 0.25) is 5.91 Å². The first-order chi connectivity index (χ1) is 13.0. The van der Waals surface area contributed by atoms with Crippen LogP contribution in [0.4, 0.5) is 11.4 Å². The average molecular weight is 371 g/mol. The third kappa shape index (κ3) is 6.63. The average Bonchev–Trinajstić information content (AvgIpc) is 2.66. The molecule has 0 radical (unpaired) electrons. The van der Waals surface area contributed by atoms with Gasteiger partial charge in [-0.25, -0.2) is 0 Å².